The number of fused-ring (bicyclic) bond motifs is 5. The van der Waals surface area contributed by atoms with E-state index in [0.29, 0.717) is 5.92 Å². The van der Waals surface area contributed by atoms with Gasteiger partial charge in [-0.1, -0.05) is 47.5 Å². The van der Waals surface area contributed by atoms with Crippen molar-refractivity contribution >= 4 is 5.97 Å². The van der Waals surface area contributed by atoms with Crippen molar-refractivity contribution in [2.75, 3.05) is 7.11 Å². The van der Waals surface area contributed by atoms with Crippen molar-refractivity contribution in [3.8, 4) is 0 Å². The van der Waals surface area contributed by atoms with Gasteiger partial charge in [-0.2, -0.15) is 0 Å². The average molecular weight is 441 g/mol. The van der Waals surface area contributed by atoms with Gasteiger partial charge in [-0.25, -0.2) is 8.78 Å². The van der Waals surface area contributed by atoms with E-state index >= 15 is 8.78 Å². The molecule has 0 radical (unpaired) electrons. The number of ether oxygens (including phenoxy) is 1. The molecule has 8 atom stereocenters. The Morgan fingerprint density at radius 2 is 1.68 bits per heavy atom. The highest BCUT2D eigenvalue weighted by Gasteiger charge is 2.67. The Balaban J connectivity index is 0.00000132. The number of carbonyl (C=O) groups is 1. The van der Waals surface area contributed by atoms with Gasteiger partial charge in [0.25, 0.3) is 5.92 Å². The largest absolute Gasteiger partial charge is 0.469 e. The highest BCUT2D eigenvalue weighted by molar-refractivity contribution is 5.72. The number of rotatable bonds is 4. The van der Waals surface area contributed by atoms with Crippen LogP contribution in [0.5, 0.6) is 0 Å². The Morgan fingerprint density at radius 3 is 2.32 bits per heavy atom. The van der Waals surface area contributed by atoms with Crippen LogP contribution in [0.25, 0.3) is 0 Å². The van der Waals surface area contributed by atoms with Crippen molar-refractivity contribution in [1.82, 2.24) is 0 Å². The Labute approximate surface area is 189 Å². The van der Waals surface area contributed by atoms with Crippen LogP contribution < -0.4 is 0 Å². The molecule has 31 heavy (non-hydrogen) atoms. The van der Waals surface area contributed by atoms with E-state index in [0.717, 1.165) is 57.8 Å². The van der Waals surface area contributed by atoms with Gasteiger partial charge in [0.2, 0.25) is 0 Å². The van der Waals surface area contributed by atoms with Crippen LogP contribution >= 0.6 is 0 Å². The summed E-state index contributed by atoms with van der Waals surface area (Å²) in [6.45, 7) is 10.7. The van der Waals surface area contributed by atoms with E-state index < -0.39 is 11.8 Å². The van der Waals surface area contributed by atoms with Gasteiger partial charge in [-0.3, -0.25) is 4.79 Å². The SMILES string of the molecule is CC.CCC(CC1CCC2C3C(CCC12C)C1(C)CCCCC1CC3(F)F)C(=O)OC. The summed E-state index contributed by atoms with van der Waals surface area (Å²) < 4.78 is 36.3. The first kappa shape index (κ1) is 25.0. The van der Waals surface area contributed by atoms with Gasteiger partial charge in [-0.05, 0) is 85.9 Å². The van der Waals surface area contributed by atoms with Gasteiger partial charge in [0.05, 0.1) is 13.0 Å². The second-order valence-electron chi connectivity index (χ2n) is 11.3. The van der Waals surface area contributed by atoms with Crippen LogP contribution in [-0.4, -0.2) is 19.0 Å². The Bertz CT molecular complexity index is 635. The van der Waals surface area contributed by atoms with Crippen LogP contribution in [0, 0.1) is 46.3 Å². The topological polar surface area (TPSA) is 26.3 Å². The molecule has 180 valence electrons. The fraction of sp³-hybridized carbons (Fsp3) is 0.963. The summed E-state index contributed by atoms with van der Waals surface area (Å²) in [4.78, 5) is 12.2. The molecule has 0 saturated heterocycles. The molecule has 4 heteroatoms. The third-order valence-corrected chi connectivity index (χ3v) is 10.4. The lowest BCUT2D eigenvalue weighted by atomic mass is 9.43. The molecule has 0 spiro atoms. The molecule has 2 nitrogen and oxygen atoms in total. The predicted molar refractivity (Wildman–Crippen MR) is 122 cm³/mol. The predicted octanol–water partition coefficient (Wildman–Crippen LogP) is 7.90. The van der Waals surface area contributed by atoms with Gasteiger partial charge in [0, 0.05) is 12.3 Å². The molecule has 0 bridgehead atoms. The number of hydrogen-bond donors (Lipinski definition) is 0. The third kappa shape index (κ3) is 4.07. The summed E-state index contributed by atoms with van der Waals surface area (Å²) >= 11 is 0. The zero-order valence-electron chi connectivity index (χ0n) is 20.8. The molecule has 4 saturated carbocycles. The van der Waals surface area contributed by atoms with E-state index in [9.17, 15) is 4.79 Å². The van der Waals surface area contributed by atoms with Crippen molar-refractivity contribution in [2.24, 2.45) is 46.3 Å². The third-order valence-electron chi connectivity index (χ3n) is 10.4. The summed E-state index contributed by atoms with van der Waals surface area (Å²) in [7, 11) is 1.46. The first-order valence-electron chi connectivity index (χ1n) is 13.1. The molecule has 8 unspecified atom stereocenters. The number of esters is 1. The molecule has 4 aliphatic carbocycles. The standard InChI is InChI=1S/C25H40F2O2.C2H6/c1-5-16(22(28)29-4)14-17-9-10-19-21-20(11-13-24(17,19)3)23(2)12-7-6-8-18(23)15-25(21,26)27;1-2/h16-21H,5-15H2,1-4H3;1-2H3. The number of methoxy groups -OCH3 is 1. The smallest absolute Gasteiger partial charge is 0.308 e. The van der Waals surface area contributed by atoms with Crippen molar-refractivity contribution < 1.29 is 18.3 Å². The summed E-state index contributed by atoms with van der Waals surface area (Å²) in [5.41, 5.74) is 0.0614. The maximum absolute atomic E-state index is 15.7. The van der Waals surface area contributed by atoms with Crippen molar-refractivity contribution in [2.45, 2.75) is 111 Å². The number of carbonyl (C=O) groups excluding carboxylic acids is 1. The van der Waals surface area contributed by atoms with E-state index in [4.69, 9.17) is 4.74 Å². The second kappa shape index (κ2) is 9.29. The molecule has 0 aromatic heterocycles. The Morgan fingerprint density at radius 1 is 1.00 bits per heavy atom. The highest BCUT2D eigenvalue weighted by Crippen LogP contribution is 2.70. The van der Waals surface area contributed by atoms with Crippen molar-refractivity contribution in [3.63, 3.8) is 0 Å². The number of alkyl halides is 2. The molecular weight excluding hydrogens is 394 g/mol. The van der Waals surface area contributed by atoms with Gasteiger partial charge in [0.15, 0.2) is 0 Å². The molecule has 4 fully saturated rings. The summed E-state index contributed by atoms with van der Waals surface area (Å²) in [5.74, 6) is -2.35. The average Bonchev–Trinajstić information content (AvgIpc) is 3.09. The molecule has 4 rings (SSSR count). The number of hydrogen-bond acceptors (Lipinski definition) is 2. The lowest BCUT2D eigenvalue weighted by Gasteiger charge is -2.62. The fourth-order valence-electron chi connectivity index (χ4n) is 8.62. The molecular formula is C27H46F2O2. The minimum atomic E-state index is -2.53. The van der Waals surface area contributed by atoms with Gasteiger partial charge in [0.1, 0.15) is 0 Å². The van der Waals surface area contributed by atoms with E-state index in [1.54, 1.807) is 0 Å². The number of halogens is 2. The van der Waals surface area contributed by atoms with Crippen molar-refractivity contribution in [1.29, 1.82) is 0 Å². The second-order valence-corrected chi connectivity index (χ2v) is 11.3. The van der Waals surface area contributed by atoms with E-state index in [1.807, 2.05) is 20.8 Å². The zero-order chi connectivity index (χ0) is 23.0. The Kier molecular flexibility index (Phi) is 7.48. The lowest BCUT2D eigenvalue weighted by Crippen LogP contribution is -2.60. The van der Waals surface area contributed by atoms with E-state index in [1.165, 1.54) is 13.5 Å². The van der Waals surface area contributed by atoms with Crippen LogP contribution in [0.1, 0.15) is 105 Å². The fourth-order valence-corrected chi connectivity index (χ4v) is 8.62. The Hall–Kier alpha value is -0.670. The molecule has 0 aromatic carbocycles. The molecule has 0 N–H and O–H groups in total. The highest BCUT2D eigenvalue weighted by atomic mass is 19.3. The van der Waals surface area contributed by atoms with Gasteiger partial charge in [-0.15, -0.1) is 0 Å². The van der Waals surface area contributed by atoms with Gasteiger partial charge < -0.3 is 4.74 Å². The normalized spacial score (nSPS) is 44.1. The summed E-state index contributed by atoms with van der Waals surface area (Å²) in [6.07, 6.45) is 10.1. The minimum Gasteiger partial charge on any atom is -0.469 e. The van der Waals surface area contributed by atoms with Crippen LogP contribution in [0.15, 0.2) is 0 Å². The first-order valence-corrected chi connectivity index (χ1v) is 13.1. The summed E-state index contributed by atoms with van der Waals surface area (Å²) in [5, 5.41) is 0. The lowest BCUT2D eigenvalue weighted by molar-refractivity contribution is -0.232. The van der Waals surface area contributed by atoms with Crippen LogP contribution in [0.3, 0.4) is 0 Å². The van der Waals surface area contributed by atoms with E-state index in [-0.39, 0.29) is 46.9 Å². The first-order chi connectivity index (χ1) is 14.7. The quantitative estimate of drug-likeness (QED) is 0.415. The minimum absolute atomic E-state index is 0.0517. The van der Waals surface area contributed by atoms with Crippen LogP contribution in [0.4, 0.5) is 8.78 Å². The maximum atomic E-state index is 15.7. The van der Waals surface area contributed by atoms with Crippen LogP contribution in [-0.2, 0) is 9.53 Å². The molecule has 0 aliphatic heterocycles. The van der Waals surface area contributed by atoms with Crippen molar-refractivity contribution in [3.05, 3.63) is 0 Å². The van der Waals surface area contributed by atoms with E-state index in [2.05, 4.69) is 13.8 Å². The molecule has 0 amide bonds. The van der Waals surface area contributed by atoms with Gasteiger partial charge >= 0.3 is 5.97 Å². The maximum Gasteiger partial charge on any atom is 0.308 e. The zero-order valence-corrected chi connectivity index (χ0v) is 20.8. The molecule has 4 aliphatic rings. The van der Waals surface area contributed by atoms with Crippen LogP contribution in [0.2, 0.25) is 0 Å². The monoisotopic (exact) mass is 440 g/mol. The molecule has 0 aromatic rings. The molecule has 0 heterocycles. The summed E-state index contributed by atoms with van der Waals surface area (Å²) in [6, 6.07) is 0.